The highest BCUT2D eigenvalue weighted by molar-refractivity contribution is 7.89. The van der Waals surface area contributed by atoms with Crippen LogP contribution < -0.4 is 4.74 Å². The largest absolute Gasteiger partial charge is 0.484 e. The molecule has 0 saturated carbocycles. The molecule has 1 fully saturated rings. The van der Waals surface area contributed by atoms with Gasteiger partial charge < -0.3 is 9.64 Å². The maximum absolute atomic E-state index is 12.9. The fourth-order valence-electron chi connectivity index (χ4n) is 3.29. The standard InChI is InChI=1S/C21H23N3O4S/c1-16-7-8-19(17(2)13-16)28-15-21(25)23-9-11-24(12-10-23)29(26,27)20-6-4-3-5-18(20)14-22/h3-8,13H,9-12,15H2,1-2H3. The number of hydrogen-bond acceptors (Lipinski definition) is 5. The highest BCUT2D eigenvalue weighted by Crippen LogP contribution is 2.22. The fourth-order valence-corrected chi connectivity index (χ4v) is 4.86. The molecule has 3 rings (SSSR count). The van der Waals surface area contributed by atoms with E-state index in [4.69, 9.17) is 4.74 Å². The van der Waals surface area contributed by atoms with Crippen LogP contribution >= 0.6 is 0 Å². The van der Waals surface area contributed by atoms with Gasteiger partial charge in [0.2, 0.25) is 10.0 Å². The van der Waals surface area contributed by atoms with Crippen LogP contribution in [-0.4, -0.2) is 56.3 Å². The van der Waals surface area contributed by atoms with Gasteiger partial charge in [-0.15, -0.1) is 0 Å². The molecule has 0 radical (unpaired) electrons. The lowest BCUT2D eigenvalue weighted by Gasteiger charge is -2.34. The summed E-state index contributed by atoms with van der Waals surface area (Å²) in [6.45, 7) is 4.74. The second kappa shape index (κ2) is 8.64. The number of benzene rings is 2. The summed E-state index contributed by atoms with van der Waals surface area (Å²) in [5, 5.41) is 9.18. The van der Waals surface area contributed by atoms with Gasteiger partial charge in [-0.2, -0.15) is 9.57 Å². The first-order valence-corrected chi connectivity index (χ1v) is 10.7. The minimum absolute atomic E-state index is 0.000422. The normalized spacial score (nSPS) is 15.0. The smallest absolute Gasteiger partial charge is 0.260 e. The van der Waals surface area contributed by atoms with Gasteiger partial charge in [-0.05, 0) is 37.6 Å². The number of carbonyl (C=O) groups is 1. The van der Waals surface area contributed by atoms with E-state index in [-0.39, 0.29) is 49.2 Å². The van der Waals surface area contributed by atoms with Gasteiger partial charge in [0.25, 0.3) is 5.91 Å². The summed E-state index contributed by atoms with van der Waals surface area (Å²) < 4.78 is 32.7. The van der Waals surface area contributed by atoms with Crippen molar-refractivity contribution in [3.05, 3.63) is 59.2 Å². The molecular formula is C21H23N3O4S. The van der Waals surface area contributed by atoms with Gasteiger partial charge >= 0.3 is 0 Å². The number of aryl methyl sites for hydroxylation is 2. The minimum atomic E-state index is -3.78. The first-order valence-electron chi connectivity index (χ1n) is 9.30. The Bertz CT molecular complexity index is 1050. The molecule has 0 atom stereocenters. The van der Waals surface area contributed by atoms with Crippen LogP contribution in [0.5, 0.6) is 5.75 Å². The molecule has 0 unspecified atom stereocenters. The van der Waals surface area contributed by atoms with Gasteiger partial charge in [-0.3, -0.25) is 4.79 Å². The Labute approximate surface area is 171 Å². The number of rotatable bonds is 5. The fraction of sp³-hybridized carbons (Fsp3) is 0.333. The van der Waals surface area contributed by atoms with Gasteiger partial charge in [0, 0.05) is 26.2 Å². The Morgan fingerprint density at radius 3 is 2.45 bits per heavy atom. The molecule has 0 aromatic heterocycles. The monoisotopic (exact) mass is 413 g/mol. The molecule has 7 nitrogen and oxygen atoms in total. The van der Waals surface area contributed by atoms with Gasteiger partial charge in [0.05, 0.1) is 10.5 Å². The Kier molecular flexibility index (Phi) is 6.20. The molecular weight excluding hydrogens is 390 g/mol. The number of amides is 1. The molecule has 0 aliphatic carbocycles. The predicted molar refractivity (Wildman–Crippen MR) is 108 cm³/mol. The molecule has 1 aliphatic rings. The van der Waals surface area contributed by atoms with E-state index in [0.717, 1.165) is 11.1 Å². The van der Waals surface area contributed by atoms with Gasteiger partial charge in [-0.25, -0.2) is 8.42 Å². The second-order valence-corrected chi connectivity index (χ2v) is 8.86. The predicted octanol–water partition coefficient (Wildman–Crippen LogP) is 2.09. The van der Waals surface area contributed by atoms with Crippen LogP contribution in [0.15, 0.2) is 47.4 Å². The van der Waals surface area contributed by atoms with E-state index in [0.29, 0.717) is 5.75 Å². The minimum Gasteiger partial charge on any atom is -0.484 e. The second-order valence-electron chi connectivity index (χ2n) is 6.95. The van der Waals surface area contributed by atoms with E-state index in [1.807, 2.05) is 38.1 Å². The van der Waals surface area contributed by atoms with E-state index >= 15 is 0 Å². The Morgan fingerprint density at radius 1 is 1.10 bits per heavy atom. The number of ether oxygens (including phenoxy) is 1. The number of piperazine rings is 1. The summed E-state index contributed by atoms with van der Waals surface area (Å²) in [6, 6.07) is 13.8. The highest BCUT2D eigenvalue weighted by atomic mass is 32.2. The first-order chi connectivity index (χ1) is 13.8. The third-order valence-corrected chi connectivity index (χ3v) is 6.86. The zero-order valence-corrected chi connectivity index (χ0v) is 17.3. The Morgan fingerprint density at radius 2 is 1.79 bits per heavy atom. The SMILES string of the molecule is Cc1ccc(OCC(=O)N2CCN(S(=O)(=O)c3ccccc3C#N)CC2)c(C)c1. The molecule has 0 spiro atoms. The molecule has 1 saturated heterocycles. The van der Waals surface area contributed by atoms with Crippen molar-refractivity contribution in [1.82, 2.24) is 9.21 Å². The third kappa shape index (κ3) is 4.58. The van der Waals surface area contributed by atoms with E-state index in [1.165, 1.54) is 16.4 Å². The number of nitriles is 1. The Hall–Kier alpha value is -2.89. The Balaban J connectivity index is 1.60. The number of hydrogen-bond donors (Lipinski definition) is 0. The average Bonchev–Trinajstić information content (AvgIpc) is 2.73. The molecule has 0 bridgehead atoms. The van der Waals surface area contributed by atoms with Crippen molar-refractivity contribution >= 4 is 15.9 Å². The van der Waals surface area contributed by atoms with Gasteiger partial charge in [0.1, 0.15) is 11.8 Å². The quantitative estimate of drug-likeness (QED) is 0.749. The summed E-state index contributed by atoms with van der Waals surface area (Å²) in [5.41, 5.74) is 2.20. The molecule has 1 aliphatic heterocycles. The molecule has 29 heavy (non-hydrogen) atoms. The zero-order valence-electron chi connectivity index (χ0n) is 16.5. The summed E-state index contributed by atoms with van der Waals surface area (Å²) >= 11 is 0. The van der Waals surface area contributed by atoms with Crippen molar-refractivity contribution in [3.63, 3.8) is 0 Å². The van der Waals surface area contributed by atoms with E-state index in [9.17, 15) is 18.5 Å². The summed E-state index contributed by atoms with van der Waals surface area (Å²) in [5.74, 6) is 0.484. The lowest BCUT2D eigenvalue weighted by Crippen LogP contribution is -2.51. The topological polar surface area (TPSA) is 90.7 Å². The molecule has 0 N–H and O–H groups in total. The van der Waals surface area contributed by atoms with Crippen molar-refractivity contribution < 1.29 is 17.9 Å². The first kappa shape index (κ1) is 20.8. The lowest BCUT2D eigenvalue weighted by atomic mass is 10.1. The van der Waals surface area contributed by atoms with Crippen LogP contribution in [0.2, 0.25) is 0 Å². The number of nitrogens with zero attached hydrogens (tertiary/aromatic N) is 3. The third-order valence-electron chi connectivity index (χ3n) is 4.90. The van der Waals surface area contributed by atoms with Crippen molar-refractivity contribution in [2.45, 2.75) is 18.7 Å². The summed E-state index contributed by atoms with van der Waals surface area (Å²) in [7, 11) is -3.78. The van der Waals surface area contributed by atoms with Crippen LogP contribution in [0, 0.1) is 25.2 Å². The summed E-state index contributed by atoms with van der Waals surface area (Å²) in [6.07, 6.45) is 0. The molecule has 1 amide bonds. The van der Waals surface area contributed by atoms with Crippen molar-refractivity contribution in [3.8, 4) is 11.8 Å². The maximum Gasteiger partial charge on any atom is 0.260 e. The lowest BCUT2D eigenvalue weighted by molar-refractivity contribution is -0.134. The zero-order chi connectivity index (χ0) is 21.0. The van der Waals surface area contributed by atoms with Crippen molar-refractivity contribution in [2.75, 3.05) is 32.8 Å². The van der Waals surface area contributed by atoms with Crippen LogP contribution in [0.1, 0.15) is 16.7 Å². The molecule has 8 heteroatoms. The van der Waals surface area contributed by atoms with Crippen LogP contribution in [-0.2, 0) is 14.8 Å². The molecule has 2 aromatic carbocycles. The van der Waals surface area contributed by atoms with Crippen molar-refractivity contribution in [1.29, 1.82) is 5.26 Å². The van der Waals surface area contributed by atoms with Gasteiger partial charge in [-0.1, -0.05) is 29.8 Å². The highest BCUT2D eigenvalue weighted by Gasteiger charge is 2.31. The van der Waals surface area contributed by atoms with Crippen LogP contribution in [0.3, 0.4) is 0 Å². The van der Waals surface area contributed by atoms with Crippen LogP contribution in [0.4, 0.5) is 0 Å². The van der Waals surface area contributed by atoms with Gasteiger partial charge in [0.15, 0.2) is 6.61 Å². The summed E-state index contributed by atoms with van der Waals surface area (Å²) in [4.78, 5) is 14.1. The van der Waals surface area contributed by atoms with Crippen LogP contribution in [0.25, 0.3) is 0 Å². The average molecular weight is 413 g/mol. The molecule has 2 aromatic rings. The van der Waals surface area contributed by atoms with E-state index in [1.54, 1.807) is 17.0 Å². The number of carbonyl (C=O) groups excluding carboxylic acids is 1. The number of sulfonamides is 1. The van der Waals surface area contributed by atoms with Crippen molar-refractivity contribution in [2.24, 2.45) is 0 Å². The maximum atomic E-state index is 12.9. The molecule has 1 heterocycles. The van der Waals surface area contributed by atoms with E-state index < -0.39 is 10.0 Å². The van der Waals surface area contributed by atoms with E-state index in [2.05, 4.69) is 0 Å². The molecule has 152 valence electrons.